The fourth-order valence-electron chi connectivity index (χ4n) is 2.38. The van der Waals surface area contributed by atoms with Crippen molar-refractivity contribution in [3.63, 3.8) is 0 Å². The third-order valence-corrected chi connectivity index (χ3v) is 3.56. The van der Waals surface area contributed by atoms with E-state index in [4.69, 9.17) is 5.26 Å². The number of benzene rings is 2. The zero-order valence-electron chi connectivity index (χ0n) is 11.7. The molecule has 1 atom stereocenters. The number of hydrogen-bond acceptors (Lipinski definition) is 3. The maximum Gasteiger partial charge on any atom is 0.0991 e. The van der Waals surface area contributed by atoms with Crippen molar-refractivity contribution < 1.29 is 0 Å². The van der Waals surface area contributed by atoms with E-state index >= 15 is 0 Å². The van der Waals surface area contributed by atoms with Gasteiger partial charge in [0.05, 0.1) is 17.1 Å². The molecule has 0 saturated carbocycles. The van der Waals surface area contributed by atoms with Crippen LogP contribution in [-0.4, -0.2) is 4.98 Å². The third-order valence-electron chi connectivity index (χ3n) is 3.56. The van der Waals surface area contributed by atoms with Crippen LogP contribution in [0, 0.1) is 11.3 Å². The first-order valence-electron chi connectivity index (χ1n) is 6.88. The highest BCUT2D eigenvalue weighted by atomic mass is 14.9. The molecule has 102 valence electrons. The molecule has 0 fully saturated rings. The number of pyridine rings is 1. The van der Waals surface area contributed by atoms with Crippen LogP contribution in [0.25, 0.3) is 10.9 Å². The molecule has 1 N–H and O–H groups in total. The maximum atomic E-state index is 8.85. The van der Waals surface area contributed by atoms with Crippen LogP contribution >= 0.6 is 0 Å². The van der Waals surface area contributed by atoms with E-state index in [0.29, 0.717) is 5.56 Å². The Labute approximate surface area is 123 Å². The van der Waals surface area contributed by atoms with E-state index in [1.54, 1.807) is 0 Å². The summed E-state index contributed by atoms with van der Waals surface area (Å²) in [5.74, 6) is 0. The number of aromatic nitrogens is 1. The van der Waals surface area contributed by atoms with Gasteiger partial charge in [0.2, 0.25) is 0 Å². The van der Waals surface area contributed by atoms with E-state index in [9.17, 15) is 0 Å². The number of nitrogens with one attached hydrogen (secondary N) is 1. The van der Waals surface area contributed by atoms with Gasteiger partial charge in [0.15, 0.2) is 0 Å². The molecule has 0 bridgehead atoms. The molecule has 21 heavy (non-hydrogen) atoms. The van der Waals surface area contributed by atoms with Gasteiger partial charge in [-0.05, 0) is 36.8 Å². The fraction of sp³-hybridized carbons (Fsp3) is 0.111. The van der Waals surface area contributed by atoms with Gasteiger partial charge in [-0.25, -0.2) is 0 Å². The van der Waals surface area contributed by atoms with Gasteiger partial charge < -0.3 is 5.32 Å². The Kier molecular flexibility index (Phi) is 3.53. The van der Waals surface area contributed by atoms with E-state index in [1.807, 2.05) is 54.7 Å². The van der Waals surface area contributed by atoms with Crippen molar-refractivity contribution in [2.24, 2.45) is 0 Å². The SMILES string of the molecule is CC(Nc1ccnc2ccccc12)c1ccc(C#N)cc1. The number of rotatable bonds is 3. The largest absolute Gasteiger partial charge is 0.378 e. The van der Waals surface area contributed by atoms with E-state index in [0.717, 1.165) is 22.2 Å². The second-order valence-corrected chi connectivity index (χ2v) is 4.98. The minimum atomic E-state index is 0.156. The minimum absolute atomic E-state index is 0.156. The van der Waals surface area contributed by atoms with Crippen LogP contribution in [0.3, 0.4) is 0 Å². The maximum absolute atomic E-state index is 8.85. The Morgan fingerprint density at radius 3 is 2.57 bits per heavy atom. The monoisotopic (exact) mass is 273 g/mol. The molecule has 0 aliphatic carbocycles. The Morgan fingerprint density at radius 2 is 1.81 bits per heavy atom. The molecule has 1 heterocycles. The third kappa shape index (κ3) is 2.70. The van der Waals surface area contributed by atoms with Crippen molar-refractivity contribution in [1.29, 1.82) is 5.26 Å². The summed E-state index contributed by atoms with van der Waals surface area (Å²) < 4.78 is 0. The second kappa shape index (κ2) is 5.64. The van der Waals surface area contributed by atoms with Crippen molar-refractivity contribution in [3.8, 4) is 6.07 Å². The highest BCUT2D eigenvalue weighted by Gasteiger charge is 2.07. The molecule has 3 heteroatoms. The molecule has 0 aliphatic rings. The van der Waals surface area contributed by atoms with Gasteiger partial charge in [-0.1, -0.05) is 30.3 Å². The molecule has 3 rings (SSSR count). The molecule has 0 amide bonds. The van der Waals surface area contributed by atoms with Crippen molar-refractivity contribution >= 4 is 16.6 Å². The lowest BCUT2D eigenvalue weighted by molar-refractivity contribution is 0.886. The van der Waals surface area contributed by atoms with Gasteiger partial charge in [-0.3, -0.25) is 4.98 Å². The summed E-state index contributed by atoms with van der Waals surface area (Å²) >= 11 is 0. The standard InChI is InChI=1S/C18H15N3/c1-13(15-8-6-14(12-19)7-9-15)21-18-10-11-20-17-5-3-2-4-16(17)18/h2-11,13H,1H3,(H,20,21). The molecule has 1 unspecified atom stereocenters. The van der Waals surface area contributed by atoms with E-state index in [1.165, 1.54) is 0 Å². The van der Waals surface area contributed by atoms with Gasteiger partial charge in [0, 0.05) is 23.3 Å². The summed E-state index contributed by atoms with van der Waals surface area (Å²) in [7, 11) is 0. The van der Waals surface area contributed by atoms with Crippen molar-refractivity contribution in [2.75, 3.05) is 5.32 Å². The molecule has 3 aromatic rings. The number of anilines is 1. The number of nitriles is 1. The average Bonchev–Trinajstić information content (AvgIpc) is 2.55. The summed E-state index contributed by atoms with van der Waals surface area (Å²) in [6.45, 7) is 2.11. The minimum Gasteiger partial charge on any atom is -0.378 e. The van der Waals surface area contributed by atoms with Crippen LogP contribution < -0.4 is 5.32 Å². The zero-order chi connectivity index (χ0) is 14.7. The Balaban J connectivity index is 1.89. The molecule has 2 aromatic carbocycles. The molecule has 0 radical (unpaired) electrons. The Morgan fingerprint density at radius 1 is 1.05 bits per heavy atom. The smallest absolute Gasteiger partial charge is 0.0991 e. The molecular weight excluding hydrogens is 258 g/mol. The predicted octanol–water partition coefficient (Wildman–Crippen LogP) is 4.28. The highest BCUT2D eigenvalue weighted by molar-refractivity contribution is 5.91. The van der Waals surface area contributed by atoms with Crippen LogP contribution in [0.1, 0.15) is 24.1 Å². The molecule has 1 aromatic heterocycles. The van der Waals surface area contributed by atoms with Crippen molar-refractivity contribution in [1.82, 2.24) is 4.98 Å². The summed E-state index contributed by atoms with van der Waals surface area (Å²) in [6.07, 6.45) is 1.82. The second-order valence-electron chi connectivity index (χ2n) is 4.98. The van der Waals surface area contributed by atoms with Crippen molar-refractivity contribution in [2.45, 2.75) is 13.0 Å². The number of nitrogens with zero attached hydrogens (tertiary/aromatic N) is 2. The first-order chi connectivity index (χ1) is 10.3. The number of para-hydroxylation sites is 1. The first-order valence-corrected chi connectivity index (χ1v) is 6.88. The summed E-state index contributed by atoms with van der Waals surface area (Å²) in [5, 5.41) is 13.5. The van der Waals surface area contributed by atoms with Gasteiger partial charge in [-0.15, -0.1) is 0 Å². The van der Waals surface area contributed by atoms with Gasteiger partial charge in [-0.2, -0.15) is 5.26 Å². The fourth-order valence-corrected chi connectivity index (χ4v) is 2.38. The molecule has 0 spiro atoms. The molecule has 3 nitrogen and oxygen atoms in total. The van der Waals surface area contributed by atoms with Crippen LogP contribution in [0.15, 0.2) is 60.8 Å². The number of hydrogen-bond donors (Lipinski definition) is 1. The molecular formula is C18H15N3. The van der Waals surface area contributed by atoms with Gasteiger partial charge in [0.1, 0.15) is 0 Å². The number of fused-ring (bicyclic) bond motifs is 1. The van der Waals surface area contributed by atoms with Gasteiger partial charge >= 0.3 is 0 Å². The Bertz CT molecular complexity index is 795. The van der Waals surface area contributed by atoms with Crippen LogP contribution in [0.5, 0.6) is 0 Å². The lowest BCUT2D eigenvalue weighted by Gasteiger charge is -2.17. The zero-order valence-corrected chi connectivity index (χ0v) is 11.7. The summed E-state index contributed by atoms with van der Waals surface area (Å²) in [4.78, 5) is 4.37. The lowest BCUT2D eigenvalue weighted by Crippen LogP contribution is -2.07. The van der Waals surface area contributed by atoms with Gasteiger partial charge in [0.25, 0.3) is 0 Å². The van der Waals surface area contributed by atoms with E-state index in [-0.39, 0.29) is 6.04 Å². The molecule has 0 saturated heterocycles. The lowest BCUT2D eigenvalue weighted by atomic mass is 10.1. The summed E-state index contributed by atoms with van der Waals surface area (Å²) in [6, 6.07) is 20.0. The highest BCUT2D eigenvalue weighted by Crippen LogP contribution is 2.25. The topological polar surface area (TPSA) is 48.7 Å². The van der Waals surface area contributed by atoms with Crippen molar-refractivity contribution in [3.05, 3.63) is 71.9 Å². The van der Waals surface area contributed by atoms with Crippen LogP contribution in [0.2, 0.25) is 0 Å². The molecule has 0 aliphatic heterocycles. The average molecular weight is 273 g/mol. The van der Waals surface area contributed by atoms with E-state index < -0.39 is 0 Å². The van der Waals surface area contributed by atoms with Crippen LogP contribution in [-0.2, 0) is 0 Å². The van der Waals surface area contributed by atoms with E-state index in [2.05, 4.69) is 29.4 Å². The first kappa shape index (κ1) is 13.1. The summed E-state index contributed by atoms with van der Waals surface area (Å²) in [5.41, 5.74) is 3.88. The Hall–Kier alpha value is -2.86. The van der Waals surface area contributed by atoms with Crippen LogP contribution in [0.4, 0.5) is 5.69 Å². The predicted molar refractivity (Wildman–Crippen MR) is 84.9 cm³/mol. The quantitative estimate of drug-likeness (QED) is 0.774. The normalized spacial score (nSPS) is 11.8.